The minimum Gasteiger partial charge on any atom is -0.497 e. The van der Waals surface area contributed by atoms with Crippen LogP contribution in [0.3, 0.4) is 0 Å². The zero-order chi connectivity index (χ0) is 34.5. The van der Waals surface area contributed by atoms with Crippen molar-refractivity contribution >= 4 is 39.1 Å². The molecule has 10 nitrogen and oxygen atoms in total. The van der Waals surface area contributed by atoms with E-state index in [1.165, 1.54) is 44.4 Å². The van der Waals surface area contributed by atoms with E-state index in [4.69, 9.17) is 25.8 Å². The predicted molar refractivity (Wildman–Crippen MR) is 167 cm³/mol. The number of para-hydroxylation sites is 1. The van der Waals surface area contributed by atoms with E-state index in [2.05, 4.69) is 0 Å². The van der Waals surface area contributed by atoms with Gasteiger partial charge in [-0.2, -0.15) is 13.2 Å². The number of amides is 2. The third-order valence-electron chi connectivity index (χ3n) is 8.54. The average molecular weight is 696 g/mol. The molecular formula is C32H33ClF3N3O7S. The van der Waals surface area contributed by atoms with Gasteiger partial charge >= 0.3 is 6.18 Å². The number of likely N-dealkylation sites (N-methyl/N-ethyl adjacent to an activating group) is 1. The molecule has 2 amide bonds. The molecule has 5 rings (SSSR count). The van der Waals surface area contributed by atoms with Crippen molar-refractivity contribution < 1.29 is 45.4 Å². The fourth-order valence-electron chi connectivity index (χ4n) is 6.46. The predicted octanol–water partition coefficient (Wildman–Crippen LogP) is 5.31. The number of fused-ring (bicyclic) bond motifs is 1. The van der Waals surface area contributed by atoms with Gasteiger partial charge in [0.2, 0.25) is 5.91 Å². The van der Waals surface area contributed by atoms with Crippen molar-refractivity contribution in [1.82, 2.24) is 9.80 Å². The molecule has 0 bridgehead atoms. The number of sulfonamides is 1. The van der Waals surface area contributed by atoms with Crippen molar-refractivity contribution in [3.05, 3.63) is 76.3 Å². The van der Waals surface area contributed by atoms with Crippen LogP contribution in [0.2, 0.25) is 5.02 Å². The number of anilines is 1. The zero-order valence-corrected chi connectivity index (χ0v) is 27.8. The molecule has 1 saturated heterocycles. The van der Waals surface area contributed by atoms with Gasteiger partial charge in [0.25, 0.3) is 15.9 Å². The maximum absolute atomic E-state index is 15.3. The number of nitrogens with zero attached hydrogens (tertiary/aromatic N) is 3. The molecule has 0 aromatic heterocycles. The normalized spacial score (nSPS) is 20.1. The van der Waals surface area contributed by atoms with Crippen LogP contribution in [-0.4, -0.2) is 78.0 Å². The quantitative estimate of drug-likeness (QED) is 0.313. The standard InChI is InChI=1S/C32H33ClF3N3O7S/c1-37(2)29(40)24-11-8-9-15-38(24)31(20-10-6-7-12-26(20)45-4)22-17-23(33)21(32(34,35)36)18-25(22)39(30(31)41)47(42,43)28-14-13-19(44-3)16-27(28)46-5/h6-7,10,12-14,16-18,24H,8-9,11,15H2,1-5H3/t24-,31?/m0/s1. The summed E-state index contributed by atoms with van der Waals surface area (Å²) in [6.45, 7) is 0.117. The molecule has 2 aliphatic rings. The maximum atomic E-state index is 15.3. The first kappa shape index (κ1) is 34.3. The largest absolute Gasteiger partial charge is 0.497 e. The molecule has 2 atom stereocenters. The Labute approximate surface area is 275 Å². The summed E-state index contributed by atoms with van der Waals surface area (Å²) in [4.78, 5) is 31.5. The molecule has 0 radical (unpaired) electrons. The number of carbonyl (C=O) groups excluding carboxylic acids is 2. The van der Waals surface area contributed by atoms with Crippen LogP contribution in [0.1, 0.15) is 36.0 Å². The van der Waals surface area contributed by atoms with Crippen LogP contribution in [-0.2, 0) is 31.3 Å². The Morgan fingerprint density at radius 2 is 1.64 bits per heavy atom. The van der Waals surface area contributed by atoms with E-state index >= 15 is 4.79 Å². The number of carbonyl (C=O) groups is 2. The molecular weight excluding hydrogens is 663 g/mol. The van der Waals surface area contributed by atoms with Crippen LogP contribution in [0, 0.1) is 0 Å². The number of benzene rings is 3. The molecule has 2 aliphatic heterocycles. The van der Waals surface area contributed by atoms with Crippen LogP contribution in [0.5, 0.6) is 17.2 Å². The minimum absolute atomic E-state index is 0.117. The monoisotopic (exact) mass is 695 g/mol. The second-order valence-electron chi connectivity index (χ2n) is 11.3. The summed E-state index contributed by atoms with van der Waals surface area (Å²) < 4.78 is 88.9. The van der Waals surface area contributed by atoms with Crippen molar-refractivity contribution in [3.8, 4) is 17.2 Å². The molecule has 3 aromatic carbocycles. The number of methoxy groups -OCH3 is 3. The SMILES string of the molecule is COc1ccc(S(=O)(=O)N2C(=O)C(c3ccccc3OC)(N3CCCC[C@H]3C(=O)N(C)C)c3cc(Cl)c(C(F)(F)F)cc32)c(OC)c1. The van der Waals surface area contributed by atoms with E-state index in [1.807, 2.05) is 0 Å². The number of piperidine rings is 1. The van der Waals surface area contributed by atoms with Gasteiger partial charge in [0.05, 0.1) is 43.6 Å². The fraction of sp³-hybridized carbons (Fsp3) is 0.375. The van der Waals surface area contributed by atoms with Gasteiger partial charge in [-0.3, -0.25) is 14.5 Å². The van der Waals surface area contributed by atoms with Gasteiger partial charge in [0, 0.05) is 37.8 Å². The van der Waals surface area contributed by atoms with Crippen molar-refractivity contribution in [2.45, 2.75) is 41.9 Å². The molecule has 0 saturated carbocycles. The van der Waals surface area contributed by atoms with Gasteiger partial charge in [0.15, 0.2) is 5.54 Å². The second-order valence-corrected chi connectivity index (χ2v) is 13.4. The average Bonchev–Trinajstić information content (AvgIpc) is 3.30. The van der Waals surface area contributed by atoms with Gasteiger partial charge < -0.3 is 19.1 Å². The summed E-state index contributed by atoms with van der Waals surface area (Å²) in [5.41, 5.74) is -4.11. The summed E-state index contributed by atoms with van der Waals surface area (Å²) >= 11 is 6.32. The number of alkyl halides is 3. The lowest BCUT2D eigenvalue weighted by Crippen LogP contribution is -2.62. The highest BCUT2D eigenvalue weighted by Gasteiger charge is 2.63. The molecule has 15 heteroatoms. The summed E-state index contributed by atoms with van der Waals surface area (Å²) in [7, 11) is 2.01. The third kappa shape index (κ3) is 5.45. The zero-order valence-electron chi connectivity index (χ0n) is 26.2. The number of hydrogen-bond acceptors (Lipinski definition) is 8. The van der Waals surface area contributed by atoms with E-state index in [0.29, 0.717) is 29.6 Å². The lowest BCUT2D eigenvalue weighted by Gasteiger charge is -2.47. The summed E-state index contributed by atoms with van der Waals surface area (Å²) in [5.74, 6) is -1.34. The topological polar surface area (TPSA) is 106 Å². The van der Waals surface area contributed by atoms with Gasteiger partial charge in [-0.1, -0.05) is 36.2 Å². The minimum atomic E-state index is -5.01. The number of hydrogen-bond donors (Lipinski definition) is 0. The Bertz CT molecular complexity index is 1840. The summed E-state index contributed by atoms with van der Waals surface area (Å²) in [6.07, 6.45) is -3.59. The smallest absolute Gasteiger partial charge is 0.417 e. The molecule has 47 heavy (non-hydrogen) atoms. The highest BCUT2D eigenvalue weighted by Crippen LogP contribution is 2.56. The van der Waals surface area contributed by atoms with E-state index in [0.717, 1.165) is 12.1 Å². The summed E-state index contributed by atoms with van der Waals surface area (Å²) in [6, 6.07) is 10.6. The Kier molecular flexibility index (Phi) is 9.16. The highest BCUT2D eigenvalue weighted by molar-refractivity contribution is 7.93. The van der Waals surface area contributed by atoms with E-state index in [1.54, 1.807) is 37.2 Å². The number of rotatable bonds is 8. The molecule has 3 aromatic rings. The van der Waals surface area contributed by atoms with Gasteiger partial charge in [0.1, 0.15) is 22.1 Å². The fourth-order valence-corrected chi connectivity index (χ4v) is 8.32. The van der Waals surface area contributed by atoms with E-state index in [9.17, 15) is 26.4 Å². The van der Waals surface area contributed by atoms with Crippen molar-refractivity contribution in [1.29, 1.82) is 0 Å². The van der Waals surface area contributed by atoms with Gasteiger partial charge in [-0.25, -0.2) is 12.7 Å². The van der Waals surface area contributed by atoms with E-state index in [-0.39, 0.29) is 40.8 Å². The van der Waals surface area contributed by atoms with Crippen molar-refractivity contribution in [2.24, 2.45) is 0 Å². The third-order valence-corrected chi connectivity index (χ3v) is 10.6. The van der Waals surface area contributed by atoms with Crippen LogP contribution in [0.15, 0.2) is 59.5 Å². The number of likely N-dealkylation sites (tertiary alicyclic amines) is 1. The van der Waals surface area contributed by atoms with E-state index < -0.39 is 54.9 Å². The van der Waals surface area contributed by atoms with Crippen LogP contribution >= 0.6 is 11.6 Å². The first-order valence-electron chi connectivity index (χ1n) is 14.5. The van der Waals surface area contributed by atoms with Gasteiger partial charge in [-0.15, -0.1) is 0 Å². The number of ether oxygens (including phenoxy) is 3. The lowest BCUT2D eigenvalue weighted by atomic mass is 9.78. The Hall–Kier alpha value is -4.01. The first-order chi connectivity index (χ1) is 22.2. The highest BCUT2D eigenvalue weighted by atomic mass is 35.5. The Morgan fingerprint density at radius 1 is 0.957 bits per heavy atom. The molecule has 1 unspecified atom stereocenters. The molecule has 0 N–H and O–H groups in total. The number of halogens is 4. The van der Waals surface area contributed by atoms with Crippen molar-refractivity contribution in [3.63, 3.8) is 0 Å². The molecule has 252 valence electrons. The molecule has 0 aliphatic carbocycles. The maximum Gasteiger partial charge on any atom is 0.417 e. The van der Waals surface area contributed by atoms with Crippen LogP contribution < -0.4 is 18.5 Å². The Balaban J connectivity index is 1.94. The van der Waals surface area contributed by atoms with Gasteiger partial charge in [-0.05, 0) is 43.2 Å². The van der Waals surface area contributed by atoms with Crippen LogP contribution in [0.4, 0.5) is 18.9 Å². The first-order valence-corrected chi connectivity index (χ1v) is 16.3. The summed E-state index contributed by atoms with van der Waals surface area (Å²) in [5, 5.41) is -0.753. The molecule has 2 heterocycles. The molecule has 1 fully saturated rings. The lowest BCUT2D eigenvalue weighted by molar-refractivity contribution is -0.142. The Morgan fingerprint density at radius 3 is 2.26 bits per heavy atom. The van der Waals surface area contributed by atoms with Crippen molar-refractivity contribution in [2.75, 3.05) is 46.3 Å². The molecule has 0 spiro atoms. The van der Waals surface area contributed by atoms with Crippen LogP contribution in [0.25, 0.3) is 0 Å². The second kappa shape index (κ2) is 12.5.